The van der Waals surface area contributed by atoms with Gasteiger partial charge in [-0.2, -0.15) is 13.2 Å². The number of carbonyl (C=O) groups is 2. The van der Waals surface area contributed by atoms with Gasteiger partial charge in [0.2, 0.25) is 5.91 Å². The minimum absolute atomic E-state index is 0.00965. The number of amides is 2. The smallest absolute Gasteiger partial charge is 0.471 e. The molecule has 32 heavy (non-hydrogen) atoms. The Morgan fingerprint density at radius 3 is 2.41 bits per heavy atom. The number of carbonyl (C=O) groups excluding carboxylic acids is 2. The Morgan fingerprint density at radius 2 is 1.84 bits per heavy atom. The normalized spacial score (nSPS) is 15.7. The quantitative estimate of drug-likeness (QED) is 0.628. The fourth-order valence-corrected chi connectivity index (χ4v) is 4.65. The molecule has 1 aliphatic carbocycles. The first-order valence-electron chi connectivity index (χ1n) is 10.2. The van der Waals surface area contributed by atoms with Gasteiger partial charge in [-0.05, 0) is 36.4 Å². The predicted octanol–water partition coefficient (Wildman–Crippen LogP) is 4.85. The largest absolute Gasteiger partial charge is 0.497 e. The highest BCUT2D eigenvalue weighted by Crippen LogP contribution is 2.41. The molecule has 1 atom stereocenters. The zero-order valence-corrected chi connectivity index (χ0v) is 18.6. The second-order valence-electron chi connectivity index (χ2n) is 7.47. The number of rotatable bonds is 7. The molecule has 3 rings (SSSR count). The third kappa shape index (κ3) is 5.35. The second-order valence-corrected chi connectivity index (χ2v) is 8.45. The molecule has 1 N–H and O–H groups in total. The summed E-state index contributed by atoms with van der Waals surface area (Å²) in [6, 6.07) is 5.66. The average Bonchev–Trinajstić information content (AvgIpc) is 3.30. The number of methoxy groups -OCH3 is 2. The van der Waals surface area contributed by atoms with E-state index >= 15 is 0 Å². The molecule has 0 bridgehead atoms. The summed E-state index contributed by atoms with van der Waals surface area (Å²) >= 11 is 1.10. The predicted molar refractivity (Wildman–Crippen MR) is 115 cm³/mol. The molecule has 1 saturated carbocycles. The topological polar surface area (TPSA) is 67.9 Å². The van der Waals surface area contributed by atoms with Gasteiger partial charge in [0.15, 0.2) is 6.04 Å². The summed E-state index contributed by atoms with van der Waals surface area (Å²) in [4.78, 5) is 26.8. The van der Waals surface area contributed by atoms with E-state index in [9.17, 15) is 22.8 Å². The van der Waals surface area contributed by atoms with Gasteiger partial charge < -0.3 is 14.8 Å². The molecule has 1 aliphatic rings. The van der Waals surface area contributed by atoms with Crippen molar-refractivity contribution in [2.45, 2.75) is 50.4 Å². The van der Waals surface area contributed by atoms with Gasteiger partial charge in [-0.3, -0.25) is 14.5 Å². The average molecular weight is 471 g/mol. The summed E-state index contributed by atoms with van der Waals surface area (Å²) < 4.78 is 51.6. The molecule has 1 heterocycles. The van der Waals surface area contributed by atoms with Crippen LogP contribution in [0.3, 0.4) is 0 Å². The van der Waals surface area contributed by atoms with Crippen molar-refractivity contribution in [1.82, 2.24) is 5.32 Å². The standard InChI is InChI=1S/C22H25F3N2O4S/c1-30-15-10-11-17(31-2)16(13-15)27(21(29)22(23,24)25)19(18-9-6-12-32-18)20(28)26-14-7-4-3-5-8-14/h6,9-14,19H,3-5,7-8H2,1-2H3,(H,26,28). The summed E-state index contributed by atoms with van der Waals surface area (Å²) in [6.07, 6.45) is -0.792. The van der Waals surface area contributed by atoms with Crippen LogP contribution in [-0.2, 0) is 9.59 Å². The van der Waals surface area contributed by atoms with Gasteiger partial charge in [0, 0.05) is 17.0 Å². The summed E-state index contributed by atoms with van der Waals surface area (Å²) in [5.41, 5.74) is -0.202. The molecular weight excluding hydrogens is 445 g/mol. The summed E-state index contributed by atoms with van der Waals surface area (Å²) in [6.45, 7) is 0. The number of nitrogens with one attached hydrogen (secondary N) is 1. The maximum absolute atomic E-state index is 13.7. The van der Waals surface area contributed by atoms with Crippen molar-refractivity contribution in [2.24, 2.45) is 0 Å². The SMILES string of the molecule is COc1ccc(OC)c(N(C(=O)C(F)(F)F)C(C(=O)NC2CCCCC2)c2cccs2)c1. The monoisotopic (exact) mass is 470 g/mol. The molecule has 1 aromatic carbocycles. The molecule has 1 unspecified atom stereocenters. The van der Waals surface area contributed by atoms with Crippen LogP contribution in [0.4, 0.5) is 18.9 Å². The van der Waals surface area contributed by atoms with E-state index in [1.54, 1.807) is 17.5 Å². The molecule has 2 amide bonds. The molecule has 1 fully saturated rings. The Labute approximate surface area is 188 Å². The van der Waals surface area contributed by atoms with Crippen LogP contribution in [0.25, 0.3) is 0 Å². The van der Waals surface area contributed by atoms with Crippen LogP contribution >= 0.6 is 11.3 Å². The van der Waals surface area contributed by atoms with Gasteiger partial charge in [-0.15, -0.1) is 11.3 Å². The molecule has 0 radical (unpaired) electrons. The van der Waals surface area contributed by atoms with Crippen molar-refractivity contribution in [3.8, 4) is 11.5 Å². The Kier molecular flexibility index (Phi) is 7.65. The maximum Gasteiger partial charge on any atom is 0.471 e. The number of benzene rings is 1. The highest BCUT2D eigenvalue weighted by molar-refractivity contribution is 7.10. The zero-order chi connectivity index (χ0) is 23.3. The summed E-state index contributed by atoms with van der Waals surface area (Å²) in [5, 5.41) is 4.51. The fourth-order valence-electron chi connectivity index (χ4n) is 3.83. The van der Waals surface area contributed by atoms with Crippen molar-refractivity contribution in [2.75, 3.05) is 19.1 Å². The Bertz CT molecular complexity index is 928. The van der Waals surface area contributed by atoms with E-state index in [0.717, 1.165) is 43.4 Å². The van der Waals surface area contributed by atoms with Crippen molar-refractivity contribution in [3.05, 3.63) is 40.6 Å². The maximum atomic E-state index is 13.7. The van der Waals surface area contributed by atoms with Gasteiger partial charge in [0.05, 0.1) is 19.9 Å². The van der Waals surface area contributed by atoms with E-state index in [-0.39, 0.29) is 23.2 Å². The minimum Gasteiger partial charge on any atom is -0.497 e. The second kappa shape index (κ2) is 10.2. The summed E-state index contributed by atoms with van der Waals surface area (Å²) in [7, 11) is 2.64. The van der Waals surface area contributed by atoms with Gasteiger partial charge in [0.25, 0.3) is 0 Å². The molecule has 10 heteroatoms. The first-order chi connectivity index (χ1) is 15.3. The lowest BCUT2D eigenvalue weighted by Crippen LogP contribution is -2.50. The van der Waals surface area contributed by atoms with Crippen LogP contribution < -0.4 is 19.7 Å². The molecule has 0 aliphatic heterocycles. The number of nitrogens with zero attached hydrogens (tertiary/aromatic N) is 1. The third-order valence-electron chi connectivity index (χ3n) is 5.38. The lowest BCUT2D eigenvalue weighted by molar-refractivity contribution is -0.171. The number of ether oxygens (including phenoxy) is 2. The van der Waals surface area contributed by atoms with Crippen LogP contribution in [0.15, 0.2) is 35.7 Å². The van der Waals surface area contributed by atoms with E-state index < -0.39 is 24.0 Å². The Morgan fingerprint density at radius 1 is 1.12 bits per heavy atom. The van der Waals surface area contributed by atoms with Crippen molar-refractivity contribution in [1.29, 1.82) is 0 Å². The van der Waals surface area contributed by atoms with Crippen LogP contribution in [-0.4, -0.2) is 38.3 Å². The molecule has 1 aromatic heterocycles. The number of anilines is 1. The zero-order valence-electron chi connectivity index (χ0n) is 17.8. The number of thiophene rings is 1. The molecule has 174 valence electrons. The van der Waals surface area contributed by atoms with Crippen LogP contribution in [0, 0.1) is 0 Å². The van der Waals surface area contributed by atoms with Crippen molar-refractivity contribution >= 4 is 28.8 Å². The van der Waals surface area contributed by atoms with Gasteiger partial charge in [-0.25, -0.2) is 0 Å². The number of hydrogen-bond donors (Lipinski definition) is 1. The molecule has 0 saturated heterocycles. The lowest BCUT2D eigenvalue weighted by atomic mass is 9.95. The number of alkyl halides is 3. The van der Waals surface area contributed by atoms with E-state index in [0.29, 0.717) is 9.78 Å². The van der Waals surface area contributed by atoms with E-state index in [2.05, 4.69) is 5.32 Å². The summed E-state index contributed by atoms with van der Waals surface area (Å²) in [5.74, 6) is -2.60. The molecule has 0 spiro atoms. The molecule has 2 aromatic rings. The van der Waals surface area contributed by atoms with Crippen molar-refractivity contribution in [3.63, 3.8) is 0 Å². The van der Waals surface area contributed by atoms with Gasteiger partial charge in [-0.1, -0.05) is 25.3 Å². The van der Waals surface area contributed by atoms with E-state index in [4.69, 9.17) is 9.47 Å². The first kappa shape index (κ1) is 23.9. The number of hydrogen-bond acceptors (Lipinski definition) is 5. The van der Waals surface area contributed by atoms with E-state index in [1.807, 2.05) is 0 Å². The first-order valence-corrected chi connectivity index (χ1v) is 11.1. The van der Waals surface area contributed by atoms with Crippen LogP contribution in [0.2, 0.25) is 0 Å². The highest BCUT2D eigenvalue weighted by atomic mass is 32.1. The Balaban J connectivity index is 2.12. The Hall–Kier alpha value is -2.75. The van der Waals surface area contributed by atoms with Crippen LogP contribution in [0.1, 0.15) is 43.0 Å². The number of halogens is 3. The fraction of sp³-hybridized carbons (Fsp3) is 0.455. The van der Waals surface area contributed by atoms with Gasteiger partial charge >= 0.3 is 12.1 Å². The van der Waals surface area contributed by atoms with Crippen LogP contribution in [0.5, 0.6) is 11.5 Å². The van der Waals surface area contributed by atoms with Crippen molar-refractivity contribution < 1.29 is 32.2 Å². The molecule has 6 nitrogen and oxygen atoms in total. The minimum atomic E-state index is -5.21. The highest BCUT2D eigenvalue weighted by Gasteiger charge is 2.48. The lowest BCUT2D eigenvalue weighted by Gasteiger charge is -2.33. The third-order valence-corrected chi connectivity index (χ3v) is 6.30. The van der Waals surface area contributed by atoms with Gasteiger partial charge in [0.1, 0.15) is 11.5 Å². The molecular formula is C22H25F3N2O4S. The van der Waals surface area contributed by atoms with E-state index in [1.165, 1.54) is 32.4 Å².